The highest BCUT2D eigenvalue weighted by Crippen LogP contribution is 1.94. The van der Waals surface area contributed by atoms with Gasteiger partial charge in [0.25, 0.3) is 0 Å². The van der Waals surface area contributed by atoms with Crippen LogP contribution in [0.15, 0.2) is 23.9 Å². The Morgan fingerprint density at radius 1 is 1.50 bits per heavy atom. The molecule has 1 aliphatic rings. The predicted molar refractivity (Wildman–Crippen MR) is 28.8 cm³/mol. The van der Waals surface area contributed by atoms with Gasteiger partial charge in [-0.25, -0.2) is 5.48 Å². The first-order valence-electron chi connectivity index (χ1n) is 2.14. The SMILES string of the molecule is NC1=C(N)NOC=C1. The number of hydrogen-bond acceptors (Lipinski definition) is 4. The van der Waals surface area contributed by atoms with Gasteiger partial charge < -0.3 is 16.3 Å². The molecule has 1 aliphatic heterocycles. The van der Waals surface area contributed by atoms with Crippen LogP contribution in [0.2, 0.25) is 0 Å². The van der Waals surface area contributed by atoms with Crippen molar-refractivity contribution in [2.45, 2.75) is 0 Å². The van der Waals surface area contributed by atoms with E-state index in [0.717, 1.165) is 0 Å². The van der Waals surface area contributed by atoms with Gasteiger partial charge >= 0.3 is 0 Å². The molecule has 0 radical (unpaired) electrons. The van der Waals surface area contributed by atoms with E-state index in [2.05, 4.69) is 10.3 Å². The van der Waals surface area contributed by atoms with Gasteiger partial charge in [0.05, 0.1) is 5.70 Å². The number of hydrogen-bond donors (Lipinski definition) is 3. The summed E-state index contributed by atoms with van der Waals surface area (Å²) in [7, 11) is 0. The van der Waals surface area contributed by atoms with Gasteiger partial charge in [0, 0.05) is 6.08 Å². The molecule has 0 spiro atoms. The Bertz CT molecular complexity index is 149. The van der Waals surface area contributed by atoms with Crippen LogP contribution >= 0.6 is 0 Å². The molecule has 5 N–H and O–H groups in total. The Morgan fingerprint density at radius 2 is 2.25 bits per heavy atom. The van der Waals surface area contributed by atoms with Gasteiger partial charge in [-0.15, -0.1) is 0 Å². The number of hydroxylamine groups is 1. The fourth-order valence-electron chi connectivity index (χ4n) is 0.354. The summed E-state index contributed by atoms with van der Waals surface area (Å²) in [5.74, 6) is 0.354. The zero-order valence-electron chi connectivity index (χ0n) is 4.22. The normalized spacial score (nSPS) is 17.5. The molecular weight excluding hydrogens is 106 g/mol. The monoisotopic (exact) mass is 113 g/mol. The van der Waals surface area contributed by atoms with Crippen molar-refractivity contribution in [3.63, 3.8) is 0 Å². The minimum absolute atomic E-state index is 0.354. The van der Waals surface area contributed by atoms with E-state index in [0.29, 0.717) is 11.5 Å². The Kier molecular flexibility index (Phi) is 0.997. The predicted octanol–water partition coefficient (Wildman–Crippen LogP) is -0.879. The summed E-state index contributed by atoms with van der Waals surface area (Å²) < 4.78 is 0. The highest BCUT2D eigenvalue weighted by molar-refractivity contribution is 5.19. The van der Waals surface area contributed by atoms with Gasteiger partial charge in [0.1, 0.15) is 6.26 Å². The first-order valence-corrected chi connectivity index (χ1v) is 2.14. The molecule has 0 bridgehead atoms. The zero-order valence-corrected chi connectivity index (χ0v) is 4.22. The van der Waals surface area contributed by atoms with Crippen molar-refractivity contribution in [1.82, 2.24) is 5.48 Å². The molecule has 0 saturated carbocycles. The van der Waals surface area contributed by atoms with Crippen LogP contribution in [0.5, 0.6) is 0 Å². The lowest BCUT2D eigenvalue weighted by molar-refractivity contribution is 0.156. The topological polar surface area (TPSA) is 73.3 Å². The minimum atomic E-state index is 0.354. The lowest BCUT2D eigenvalue weighted by Crippen LogP contribution is -2.25. The van der Waals surface area contributed by atoms with Gasteiger partial charge in [0.15, 0.2) is 5.82 Å². The second-order valence-electron chi connectivity index (χ2n) is 1.39. The maximum absolute atomic E-state index is 5.30. The van der Waals surface area contributed by atoms with Crippen molar-refractivity contribution in [3.8, 4) is 0 Å². The second-order valence-corrected chi connectivity index (χ2v) is 1.39. The standard InChI is InChI=1S/C4H7N3O/c5-3-1-2-8-7-4(3)6/h1-2,7H,5-6H2. The van der Waals surface area contributed by atoms with Crippen molar-refractivity contribution in [1.29, 1.82) is 0 Å². The summed E-state index contributed by atoms with van der Waals surface area (Å²) in [5, 5.41) is 0. The van der Waals surface area contributed by atoms with Crippen LogP contribution in [0.4, 0.5) is 0 Å². The Hall–Kier alpha value is -1.32. The van der Waals surface area contributed by atoms with Crippen LogP contribution in [-0.4, -0.2) is 0 Å². The van der Waals surface area contributed by atoms with E-state index in [4.69, 9.17) is 11.5 Å². The van der Waals surface area contributed by atoms with Crippen LogP contribution in [0.25, 0.3) is 0 Å². The Labute approximate surface area is 46.7 Å². The maximum Gasteiger partial charge on any atom is 0.155 e. The molecule has 0 aliphatic carbocycles. The van der Waals surface area contributed by atoms with Crippen LogP contribution < -0.4 is 16.9 Å². The van der Waals surface area contributed by atoms with E-state index in [1.54, 1.807) is 6.08 Å². The third-order valence-corrected chi connectivity index (χ3v) is 0.796. The Morgan fingerprint density at radius 3 is 2.62 bits per heavy atom. The van der Waals surface area contributed by atoms with Crippen molar-refractivity contribution in [2.24, 2.45) is 11.5 Å². The van der Waals surface area contributed by atoms with E-state index in [-0.39, 0.29) is 0 Å². The van der Waals surface area contributed by atoms with Gasteiger partial charge in [-0.1, -0.05) is 0 Å². The molecule has 8 heavy (non-hydrogen) atoms. The molecule has 0 atom stereocenters. The van der Waals surface area contributed by atoms with E-state index in [9.17, 15) is 0 Å². The van der Waals surface area contributed by atoms with Gasteiger partial charge in [-0.05, 0) is 0 Å². The molecule has 0 saturated heterocycles. The summed E-state index contributed by atoms with van der Waals surface area (Å²) in [6.45, 7) is 0. The van der Waals surface area contributed by atoms with E-state index >= 15 is 0 Å². The van der Waals surface area contributed by atoms with Crippen molar-refractivity contribution in [2.75, 3.05) is 0 Å². The summed E-state index contributed by atoms with van der Waals surface area (Å²) in [6.07, 6.45) is 3.00. The number of rotatable bonds is 0. The Balaban J connectivity index is 2.76. The first kappa shape index (κ1) is 4.83. The third kappa shape index (κ3) is 0.676. The average molecular weight is 113 g/mol. The smallest absolute Gasteiger partial charge is 0.155 e. The average Bonchev–Trinajstić information content (AvgIpc) is 1.77. The molecule has 44 valence electrons. The fraction of sp³-hybridized carbons (Fsp3) is 0. The van der Waals surface area contributed by atoms with Crippen molar-refractivity contribution in [3.05, 3.63) is 23.9 Å². The van der Waals surface area contributed by atoms with E-state index in [1.165, 1.54) is 6.26 Å². The highest BCUT2D eigenvalue weighted by Gasteiger charge is 1.97. The number of nitrogens with one attached hydrogen (secondary N) is 1. The zero-order chi connectivity index (χ0) is 5.98. The molecule has 0 amide bonds. The van der Waals surface area contributed by atoms with Crippen molar-refractivity contribution < 1.29 is 4.84 Å². The summed E-state index contributed by atoms with van der Waals surface area (Å²) in [6, 6.07) is 0. The van der Waals surface area contributed by atoms with E-state index in [1.807, 2.05) is 0 Å². The van der Waals surface area contributed by atoms with Gasteiger partial charge in [-0.3, -0.25) is 0 Å². The molecule has 0 aromatic rings. The highest BCUT2D eigenvalue weighted by atomic mass is 16.6. The number of allylic oxidation sites excluding steroid dienone is 1. The molecule has 4 heteroatoms. The lowest BCUT2D eigenvalue weighted by Gasteiger charge is -2.09. The van der Waals surface area contributed by atoms with Crippen LogP contribution in [-0.2, 0) is 4.84 Å². The lowest BCUT2D eigenvalue weighted by atomic mass is 10.4. The fourth-order valence-corrected chi connectivity index (χ4v) is 0.354. The van der Waals surface area contributed by atoms with Crippen LogP contribution in [0.3, 0.4) is 0 Å². The quantitative estimate of drug-likeness (QED) is 0.381. The minimum Gasteiger partial charge on any atom is -0.396 e. The molecule has 0 aromatic heterocycles. The van der Waals surface area contributed by atoms with Crippen molar-refractivity contribution >= 4 is 0 Å². The summed E-state index contributed by atoms with van der Waals surface area (Å²) in [5.41, 5.74) is 13.4. The largest absolute Gasteiger partial charge is 0.396 e. The molecule has 1 rings (SSSR count). The summed E-state index contributed by atoms with van der Waals surface area (Å²) in [4.78, 5) is 4.56. The third-order valence-electron chi connectivity index (χ3n) is 0.796. The summed E-state index contributed by atoms with van der Waals surface area (Å²) >= 11 is 0. The van der Waals surface area contributed by atoms with Crippen LogP contribution in [0, 0.1) is 0 Å². The molecule has 0 aromatic carbocycles. The second kappa shape index (κ2) is 1.65. The maximum atomic E-state index is 5.30. The molecule has 1 heterocycles. The molecular formula is C4H7N3O. The first-order chi connectivity index (χ1) is 3.80. The molecule has 0 fully saturated rings. The molecule has 0 unspecified atom stereocenters. The molecule has 4 nitrogen and oxygen atoms in total. The van der Waals surface area contributed by atoms with E-state index < -0.39 is 0 Å². The number of nitrogens with two attached hydrogens (primary N) is 2. The van der Waals surface area contributed by atoms with Gasteiger partial charge in [-0.2, -0.15) is 0 Å². The van der Waals surface area contributed by atoms with Crippen LogP contribution in [0.1, 0.15) is 0 Å². The van der Waals surface area contributed by atoms with Gasteiger partial charge in [0.2, 0.25) is 0 Å².